The van der Waals surface area contributed by atoms with Gasteiger partial charge in [-0.25, -0.2) is 17.9 Å². The van der Waals surface area contributed by atoms with Crippen molar-refractivity contribution in [1.29, 1.82) is 0 Å². The van der Waals surface area contributed by atoms with Crippen LogP contribution in [0.2, 0.25) is 10.0 Å². The van der Waals surface area contributed by atoms with Crippen molar-refractivity contribution in [3.8, 4) is 16.8 Å². The molecule has 13 heteroatoms. The molecule has 0 spiro atoms. The number of aryl methyl sites for hydroxylation is 1. The second-order valence-electron chi connectivity index (χ2n) is 12.2. The molecule has 0 radical (unpaired) electrons. The molecule has 0 aliphatic carbocycles. The Balaban J connectivity index is 1.25. The van der Waals surface area contributed by atoms with Crippen LogP contribution in [0.3, 0.4) is 0 Å². The van der Waals surface area contributed by atoms with Crippen molar-refractivity contribution in [2.24, 2.45) is 0 Å². The molecule has 0 saturated heterocycles. The molecule has 1 heterocycles. The molecule has 0 aliphatic heterocycles. The second kappa shape index (κ2) is 16.5. The zero-order chi connectivity index (χ0) is 37.5. The lowest BCUT2D eigenvalue weighted by molar-refractivity contribution is 0.0948. The lowest BCUT2D eigenvalue weighted by Gasteiger charge is -2.13. The Morgan fingerprint density at radius 2 is 1.47 bits per heavy atom. The Labute approximate surface area is 317 Å². The topological polar surface area (TPSA) is 132 Å². The average Bonchev–Trinajstić information content (AvgIpc) is 3.47. The zero-order valence-corrected chi connectivity index (χ0v) is 31.0. The van der Waals surface area contributed by atoms with Crippen molar-refractivity contribution in [1.82, 2.24) is 24.4 Å². The first-order valence-corrected chi connectivity index (χ1v) is 19.1. The van der Waals surface area contributed by atoms with Crippen LogP contribution in [0.15, 0.2) is 131 Å². The van der Waals surface area contributed by atoms with Gasteiger partial charge in [-0.2, -0.15) is 4.68 Å². The minimum atomic E-state index is -4.28. The van der Waals surface area contributed by atoms with Crippen LogP contribution in [0.25, 0.3) is 16.8 Å². The van der Waals surface area contributed by atoms with E-state index in [9.17, 15) is 22.8 Å². The Morgan fingerprint density at radius 3 is 2.21 bits per heavy atom. The van der Waals surface area contributed by atoms with E-state index in [2.05, 4.69) is 15.1 Å². The van der Waals surface area contributed by atoms with Crippen LogP contribution < -0.4 is 15.7 Å². The number of amides is 2. The molecule has 0 fully saturated rings. The summed E-state index contributed by atoms with van der Waals surface area (Å²) >= 11 is 12.7. The molecule has 270 valence electrons. The van der Waals surface area contributed by atoms with E-state index in [0.29, 0.717) is 35.5 Å². The highest BCUT2D eigenvalue weighted by atomic mass is 35.5. The second-order valence-corrected chi connectivity index (χ2v) is 14.7. The Hall–Kier alpha value is -5.49. The van der Waals surface area contributed by atoms with Crippen LogP contribution in [-0.4, -0.2) is 34.6 Å². The summed E-state index contributed by atoms with van der Waals surface area (Å²) in [7, 11) is -4.28. The number of carbonyl (C=O) groups excluding carboxylic acids is 2. The summed E-state index contributed by atoms with van der Waals surface area (Å²) < 4.78 is 31.8. The molecule has 10 nitrogen and oxygen atoms in total. The molecule has 6 rings (SSSR count). The standard InChI is InChI=1S/C40H35Cl2N5O5S/c1-2-3-17-37-44-47(35-24-30(22-23-34(35)42)38(48)43-25-27-11-5-4-6-12-27)40(50)46(37)26-28-18-20-29(21-19-28)31-13-8-10-16-36(31)53(51,52)45-39(49)32-14-7-9-15-33(32)41/h4-16,18-24H,2-3,17,25-26H2,1H3,(H,43,48)(H,45,49). The quantitative estimate of drug-likeness (QED) is 0.126. The predicted octanol–water partition coefficient (Wildman–Crippen LogP) is 7.45. The smallest absolute Gasteiger partial charge is 0.348 e. The van der Waals surface area contributed by atoms with Crippen LogP contribution in [0.5, 0.6) is 0 Å². The first kappa shape index (κ1) is 37.3. The molecule has 0 aliphatic rings. The van der Waals surface area contributed by atoms with Crippen LogP contribution >= 0.6 is 23.2 Å². The van der Waals surface area contributed by atoms with Crippen LogP contribution in [-0.2, 0) is 29.5 Å². The van der Waals surface area contributed by atoms with Crippen molar-refractivity contribution >= 4 is 45.0 Å². The largest absolute Gasteiger partial charge is 0.351 e. The maximum atomic E-state index is 14.0. The van der Waals surface area contributed by atoms with Crippen molar-refractivity contribution in [2.75, 3.05) is 0 Å². The van der Waals surface area contributed by atoms with Crippen LogP contribution in [0.1, 0.15) is 57.4 Å². The number of hydrogen-bond acceptors (Lipinski definition) is 6. The van der Waals surface area contributed by atoms with E-state index in [1.807, 2.05) is 37.3 Å². The number of sulfonamides is 1. The highest BCUT2D eigenvalue weighted by Crippen LogP contribution is 2.28. The highest BCUT2D eigenvalue weighted by molar-refractivity contribution is 7.90. The molecule has 6 aromatic rings. The number of halogens is 2. The fourth-order valence-electron chi connectivity index (χ4n) is 5.76. The third-order valence-corrected chi connectivity index (χ3v) is 10.6. The molecule has 0 unspecified atom stereocenters. The first-order chi connectivity index (χ1) is 25.6. The Bertz CT molecular complexity index is 2450. The molecule has 0 saturated carbocycles. The molecule has 1 aromatic heterocycles. The number of nitrogens with one attached hydrogen (secondary N) is 2. The van der Waals surface area contributed by atoms with Crippen molar-refractivity contribution < 1.29 is 18.0 Å². The average molecular weight is 769 g/mol. The summed E-state index contributed by atoms with van der Waals surface area (Å²) in [6.07, 6.45) is 2.22. The van der Waals surface area contributed by atoms with E-state index in [-0.39, 0.29) is 38.6 Å². The van der Waals surface area contributed by atoms with Crippen molar-refractivity contribution in [2.45, 2.75) is 44.2 Å². The van der Waals surface area contributed by atoms with Gasteiger partial charge in [0.2, 0.25) is 0 Å². The molecule has 0 bridgehead atoms. The van der Waals surface area contributed by atoms with E-state index in [1.54, 1.807) is 77.4 Å². The predicted molar refractivity (Wildman–Crippen MR) is 206 cm³/mol. The minimum Gasteiger partial charge on any atom is -0.348 e. The number of rotatable bonds is 13. The molecule has 2 amide bonds. The van der Waals surface area contributed by atoms with Gasteiger partial charge in [0.25, 0.3) is 21.8 Å². The van der Waals surface area contributed by atoms with E-state index >= 15 is 0 Å². The van der Waals surface area contributed by atoms with Gasteiger partial charge in [-0.05, 0) is 59.5 Å². The highest BCUT2D eigenvalue weighted by Gasteiger charge is 2.24. The van der Waals surface area contributed by atoms with Crippen molar-refractivity contribution in [3.63, 3.8) is 0 Å². The summed E-state index contributed by atoms with van der Waals surface area (Å²) in [5.74, 6) is -0.602. The van der Waals surface area contributed by atoms with Gasteiger partial charge in [-0.1, -0.05) is 121 Å². The van der Waals surface area contributed by atoms with Gasteiger partial charge in [-0.15, -0.1) is 5.10 Å². The number of unbranched alkanes of at least 4 members (excludes halogenated alkanes) is 1. The van der Waals surface area contributed by atoms with Gasteiger partial charge >= 0.3 is 5.69 Å². The first-order valence-electron chi connectivity index (χ1n) is 16.9. The third-order valence-electron chi connectivity index (χ3n) is 8.55. The molecule has 5 aromatic carbocycles. The number of nitrogens with zero attached hydrogens (tertiary/aromatic N) is 3. The van der Waals surface area contributed by atoms with Gasteiger partial charge in [-0.3, -0.25) is 14.2 Å². The SMILES string of the molecule is CCCCc1nn(-c2cc(C(=O)NCc3ccccc3)ccc2Cl)c(=O)n1Cc1ccc(-c2ccccc2S(=O)(=O)NC(=O)c2ccccc2Cl)cc1. The summed E-state index contributed by atoms with van der Waals surface area (Å²) in [4.78, 5) is 39.8. The van der Waals surface area contributed by atoms with E-state index in [1.165, 1.54) is 22.9 Å². The Kier molecular flexibility index (Phi) is 11.6. The van der Waals surface area contributed by atoms with Gasteiger partial charge in [0.05, 0.1) is 32.7 Å². The third kappa shape index (κ3) is 8.60. The summed E-state index contributed by atoms with van der Waals surface area (Å²) in [5.41, 5.74) is 2.92. The lowest BCUT2D eigenvalue weighted by Crippen LogP contribution is -2.31. The fraction of sp³-hybridized carbons (Fsp3) is 0.150. The van der Waals surface area contributed by atoms with Gasteiger partial charge in [0.15, 0.2) is 0 Å². The number of carbonyl (C=O) groups is 2. The summed E-state index contributed by atoms with van der Waals surface area (Å²) in [6.45, 7) is 2.57. The summed E-state index contributed by atoms with van der Waals surface area (Å²) in [5, 5.41) is 7.96. The molecule has 0 atom stereocenters. The number of benzene rings is 5. The number of hydrogen-bond donors (Lipinski definition) is 2. The zero-order valence-electron chi connectivity index (χ0n) is 28.6. The lowest BCUT2D eigenvalue weighted by atomic mass is 10.0. The summed E-state index contributed by atoms with van der Waals surface area (Å²) in [6, 6.07) is 33.9. The van der Waals surface area contributed by atoms with E-state index < -0.39 is 21.6 Å². The van der Waals surface area contributed by atoms with Crippen molar-refractivity contribution in [3.05, 3.63) is 170 Å². The van der Waals surface area contributed by atoms with Gasteiger partial charge in [0, 0.05) is 24.1 Å². The Morgan fingerprint density at radius 1 is 0.774 bits per heavy atom. The fourth-order valence-corrected chi connectivity index (χ4v) is 7.37. The van der Waals surface area contributed by atoms with Crippen LogP contribution in [0.4, 0.5) is 0 Å². The maximum Gasteiger partial charge on any atom is 0.351 e. The maximum absolute atomic E-state index is 14.0. The molecular formula is C40H35Cl2N5O5S. The minimum absolute atomic E-state index is 0.0377. The van der Waals surface area contributed by atoms with E-state index in [4.69, 9.17) is 23.2 Å². The molecular weight excluding hydrogens is 733 g/mol. The molecule has 53 heavy (non-hydrogen) atoms. The normalized spacial score (nSPS) is 11.3. The monoisotopic (exact) mass is 767 g/mol. The van der Waals surface area contributed by atoms with Gasteiger partial charge in [0.1, 0.15) is 5.82 Å². The molecule has 2 N–H and O–H groups in total. The van der Waals surface area contributed by atoms with Crippen LogP contribution in [0, 0.1) is 0 Å². The van der Waals surface area contributed by atoms with Gasteiger partial charge < -0.3 is 5.32 Å². The number of aromatic nitrogens is 3. The van der Waals surface area contributed by atoms with E-state index in [0.717, 1.165) is 24.0 Å².